The van der Waals surface area contributed by atoms with Crippen molar-refractivity contribution in [3.8, 4) is 5.75 Å². The van der Waals surface area contributed by atoms with Crippen LogP contribution in [-0.4, -0.2) is 42.2 Å². The van der Waals surface area contributed by atoms with Crippen LogP contribution in [0.5, 0.6) is 5.75 Å². The highest BCUT2D eigenvalue weighted by Crippen LogP contribution is 2.28. The molecule has 0 heterocycles. The van der Waals surface area contributed by atoms with Gasteiger partial charge >= 0.3 is 0 Å². The van der Waals surface area contributed by atoms with Gasteiger partial charge in [-0.15, -0.1) is 11.8 Å². The SMILES string of the molecule is COc1ccc(CN(C(=O)CSCc2c(Cl)cccc2Cl)C(C)C(=O)NCC(C)C)cc1. The third kappa shape index (κ3) is 7.91. The summed E-state index contributed by atoms with van der Waals surface area (Å²) in [5.74, 6) is 1.49. The largest absolute Gasteiger partial charge is 0.497 e. The van der Waals surface area contributed by atoms with Crippen LogP contribution in [0.4, 0.5) is 0 Å². The minimum atomic E-state index is -0.604. The maximum Gasteiger partial charge on any atom is 0.242 e. The summed E-state index contributed by atoms with van der Waals surface area (Å²) >= 11 is 13.9. The zero-order valence-corrected chi connectivity index (χ0v) is 21.2. The van der Waals surface area contributed by atoms with Gasteiger partial charge in [0.15, 0.2) is 0 Å². The van der Waals surface area contributed by atoms with Gasteiger partial charge in [-0.25, -0.2) is 0 Å². The number of halogens is 2. The molecule has 2 aromatic rings. The molecule has 1 atom stereocenters. The lowest BCUT2D eigenvalue weighted by Gasteiger charge is -2.29. The maximum atomic E-state index is 13.1. The molecule has 5 nitrogen and oxygen atoms in total. The van der Waals surface area contributed by atoms with Crippen LogP contribution in [0.2, 0.25) is 10.0 Å². The highest BCUT2D eigenvalue weighted by Gasteiger charge is 2.26. The van der Waals surface area contributed by atoms with Crippen molar-refractivity contribution in [3.05, 3.63) is 63.6 Å². The van der Waals surface area contributed by atoms with Crippen molar-refractivity contribution >= 4 is 46.8 Å². The zero-order chi connectivity index (χ0) is 23.7. The minimum absolute atomic E-state index is 0.124. The van der Waals surface area contributed by atoms with Crippen molar-refractivity contribution in [1.82, 2.24) is 10.2 Å². The monoisotopic (exact) mass is 496 g/mol. The number of ether oxygens (including phenoxy) is 1. The van der Waals surface area contributed by atoms with Crippen molar-refractivity contribution in [3.63, 3.8) is 0 Å². The summed E-state index contributed by atoms with van der Waals surface area (Å²) in [6.07, 6.45) is 0. The Morgan fingerprint density at radius 3 is 2.25 bits per heavy atom. The molecule has 0 radical (unpaired) electrons. The molecule has 0 bridgehead atoms. The highest BCUT2D eigenvalue weighted by molar-refractivity contribution is 7.99. The molecule has 0 saturated carbocycles. The maximum absolute atomic E-state index is 13.1. The first-order chi connectivity index (χ1) is 15.2. The van der Waals surface area contributed by atoms with Crippen LogP contribution in [0.1, 0.15) is 31.9 Å². The molecule has 8 heteroatoms. The molecule has 2 rings (SSSR count). The Kier molecular flexibility index (Phi) is 10.7. The van der Waals surface area contributed by atoms with Gasteiger partial charge in [0, 0.05) is 28.9 Å². The molecule has 0 aliphatic carbocycles. The molecule has 1 N–H and O–H groups in total. The normalized spacial score (nSPS) is 11.8. The number of carbonyl (C=O) groups is 2. The van der Waals surface area contributed by atoms with Gasteiger partial charge in [0.2, 0.25) is 11.8 Å². The molecule has 2 aromatic carbocycles. The van der Waals surface area contributed by atoms with Crippen LogP contribution in [0.15, 0.2) is 42.5 Å². The van der Waals surface area contributed by atoms with Gasteiger partial charge in [-0.2, -0.15) is 0 Å². The Hall–Kier alpha value is -1.89. The minimum Gasteiger partial charge on any atom is -0.497 e. The Morgan fingerprint density at radius 2 is 1.69 bits per heavy atom. The van der Waals surface area contributed by atoms with Gasteiger partial charge in [0.25, 0.3) is 0 Å². The number of amides is 2. The molecule has 0 saturated heterocycles. The second kappa shape index (κ2) is 13.0. The predicted octanol–water partition coefficient (Wildman–Crippen LogP) is 5.42. The summed E-state index contributed by atoms with van der Waals surface area (Å²) in [5, 5.41) is 4.08. The molecule has 2 amide bonds. The Balaban J connectivity index is 2.10. The fourth-order valence-electron chi connectivity index (χ4n) is 2.96. The van der Waals surface area contributed by atoms with E-state index in [1.54, 1.807) is 37.1 Å². The van der Waals surface area contributed by atoms with Gasteiger partial charge in [-0.1, -0.05) is 55.2 Å². The van der Waals surface area contributed by atoms with Crippen molar-refractivity contribution in [1.29, 1.82) is 0 Å². The van der Waals surface area contributed by atoms with Crippen molar-refractivity contribution in [2.24, 2.45) is 5.92 Å². The van der Waals surface area contributed by atoms with E-state index in [9.17, 15) is 9.59 Å². The summed E-state index contributed by atoms with van der Waals surface area (Å²) in [5.41, 5.74) is 1.72. The van der Waals surface area contributed by atoms with E-state index in [2.05, 4.69) is 5.32 Å². The van der Waals surface area contributed by atoms with E-state index in [1.165, 1.54) is 11.8 Å². The second-order valence-corrected chi connectivity index (χ2v) is 9.68. The van der Waals surface area contributed by atoms with E-state index < -0.39 is 6.04 Å². The van der Waals surface area contributed by atoms with Crippen LogP contribution in [-0.2, 0) is 21.9 Å². The lowest BCUT2D eigenvalue weighted by atomic mass is 10.1. The van der Waals surface area contributed by atoms with Crippen molar-refractivity contribution < 1.29 is 14.3 Å². The van der Waals surface area contributed by atoms with E-state index >= 15 is 0 Å². The molecule has 174 valence electrons. The molecule has 0 spiro atoms. The number of carbonyl (C=O) groups excluding carboxylic acids is 2. The third-order valence-electron chi connectivity index (χ3n) is 4.90. The first-order valence-corrected chi connectivity index (χ1v) is 12.3. The Bertz CT molecular complexity index is 886. The molecule has 1 unspecified atom stereocenters. The van der Waals surface area contributed by atoms with Crippen LogP contribution < -0.4 is 10.1 Å². The van der Waals surface area contributed by atoms with Crippen molar-refractivity contribution in [2.75, 3.05) is 19.4 Å². The van der Waals surface area contributed by atoms with Gasteiger partial charge < -0.3 is 15.0 Å². The van der Waals surface area contributed by atoms with Crippen LogP contribution in [0.25, 0.3) is 0 Å². The van der Waals surface area contributed by atoms with E-state index in [0.29, 0.717) is 34.8 Å². The van der Waals surface area contributed by atoms with E-state index in [1.807, 2.05) is 38.1 Å². The van der Waals surface area contributed by atoms with Gasteiger partial charge in [-0.3, -0.25) is 9.59 Å². The zero-order valence-electron chi connectivity index (χ0n) is 18.9. The molecular formula is C24H30Cl2N2O3S. The lowest BCUT2D eigenvalue weighted by molar-refractivity contribution is -0.138. The standard InChI is InChI=1S/C24H30Cl2N2O3S/c1-16(2)12-27-24(30)17(3)28(13-18-8-10-19(31-4)11-9-18)23(29)15-32-14-20-21(25)6-5-7-22(20)26/h5-11,16-17H,12-15H2,1-4H3,(H,27,30). The highest BCUT2D eigenvalue weighted by atomic mass is 35.5. The van der Waals surface area contributed by atoms with Crippen LogP contribution in [0, 0.1) is 5.92 Å². The van der Waals surface area contributed by atoms with Gasteiger partial charge in [0.05, 0.1) is 12.9 Å². The van der Waals surface area contributed by atoms with E-state index in [0.717, 1.165) is 16.9 Å². The van der Waals surface area contributed by atoms with E-state index in [4.69, 9.17) is 27.9 Å². The molecule has 0 fully saturated rings. The second-order valence-electron chi connectivity index (χ2n) is 7.88. The summed E-state index contributed by atoms with van der Waals surface area (Å²) in [4.78, 5) is 27.5. The number of benzene rings is 2. The van der Waals surface area contributed by atoms with Gasteiger partial charge in [0.1, 0.15) is 11.8 Å². The average molecular weight is 497 g/mol. The molecular weight excluding hydrogens is 467 g/mol. The quantitative estimate of drug-likeness (QED) is 0.450. The van der Waals surface area contributed by atoms with Crippen LogP contribution in [0.3, 0.4) is 0 Å². The average Bonchev–Trinajstić information content (AvgIpc) is 2.77. The van der Waals surface area contributed by atoms with Gasteiger partial charge in [-0.05, 0) is 48.2 Å². The van der Waals surface area contributed by atoms with E-state index in [-0.39, 0.29) is 17.6 Å². The topological polar surface area (TPSA) is 58.6 Å². The molecule has 0 aliphatic rings. The first-order valence-electron chi connectivity index (χ1n) is 10.4. The fraction of sp³-hybridized carbons (Fsp3) is 0.417. The molecule has 32 heavy (non-hydrogen) atoms. The summed E-state index contributed by atoms with van der Waals surface area (Å²) in [6, 6.07) is 12.2. The summed E-state index contributed by atoms with van der Waals surface area (Å²) in [7, 11) is 1.61. The lowest BCUT2D eigenvalue weighted by Crippen LogP contribution is -2.48. The molecule has 0 aliphatic heterocycles. The predicted molar refractivity (Wildman–Crippen MR) is 133 cm³/mol. The Morgan fingerprint density at radius 1 is 1.06 bits per heavy atom. The smallest absolute Gasteiger partial charge is 0.242 e. The molecule has 0 aromatic heterocycles. The third-order valence-corrected chi connectivity index (χ3v) is 6.55. The van der Waals surface area contributed by atoms with Crippen LogP contribution >= 0.6 is 35.0 Å². The summed E-state index contributed by atoms with van der Waals surface area (Å²) < 4.78 is 5.21. The number of thioether (sulfide) groups is 1. The number of methoxy groups -OCH3 is 1. The summed E-state index contributed by atoms with van der Waals surface area (Å²) in [6.45, 7) is 6.70. The number of nitrogens with one attached hydrogen (secondary N) is 1. The first kappa shape index (κ1) is 26.4. The number of rotatable bonds is 11. The fourth-order valence-corrected chi connectivity index (χ4v) is 4.60. The number of hydrogen-bond acceptors (Lipinski definition) is 4. The van der Waals surface area contributed by atoms with Crippen molar-refractivity contribution in [2.45, 2.75) is 39.1 Å². The Labute approximate surface area is 204 Å². The number of hydrogen-bond donors (Lipinski definition) is 1. The number of nitrogens with zero attached hydrogens (tertiary/aromatic N) is 1.